The lowest BCUT2D eigenvalue weighted by molar-refractivity contribution is -0.169. The quantitative estimate of drug-likeness (QED) is 0.538. The Kier molecular flexibility index (Phi) is 5.36. The fourth-order valence-corrected chi connectivity index (χ4v) is 2.37. The van der Waals surface area contributed by atoms with Crippen LogP contribution in [0.2, 0.25) is 0 Å². The lowest BCUT2D eigenvalue weighted by atomic mass is 9.91. The van der Waals surface area contributed by atoms with Gasteiger partial charge in [-0.2, -0.15) is 0 Å². The fraction of sp³-hybridized carbons (Fsp3) is 0.917. The monoisotopic (exact) mass is 246 g/mol. The molecule has 0 spiro atoms. The van der Waals surface area contributed by atoms with Gasteiger partial charge in [-0.3, -0.25) is 4.79 Å². The molecule has 0 saturated carbocycles. The largest absolute Gasteiger partial charge is 0.462 e. The molecule has 1 heterocycles. The molecule has 3 unspecified atom stereocenters. The van der Waals surface area contributed by atoms with Crippen molar-refractivity contribution >= 4 is 6.47 Å². The topological polar surface area (TPSA) is 65.0 Å². The Morgan fingerprint density at radius 1 is 1.59 bits per heavy atom. The first-order valence-electron chi connectivity index (χ1n) is 5.98. The highest BCUT2D eigenvalue weighted by molar-refractivity contribution is 5.36. The number of aliphatic hydroxyl groups excluding tert-OH is 1. The maximum absolute atomic E-state index is 9.96. The van der Waals surface area contributed by atoms with E-state index in [-0.39, 0.29) is 18.3 Å². The standard InChI is InChI=1S/C12H22O5/c1-9(2)4-12(3)5-10(6-16-12)17-11(14)7-15-8-13/h8-11,14H,4-7H2,1-3H3. The van der Waals surface area contributed by atoms with Gasteiger partial charge in [0, 0.05) is 6.42 Å². The van der Waals surface area contributed by atoms with Gasteiger partial charge in [0.1, 0.15) is 6.61 Å². The van der Waals surface area contributed by atoms with Crippen LogP contribution >= 0.6 is 0 Å². The summed E-state index contributed by atoms with van der Waals surface area (Å²) in [5.41, 5.74) is -0.177. The normalized spacial score (nSPS) is 30.5. The first-order valence-corrected chi connectivity index (χ1v) is 5.98. The molecule has 0 aromatic rings. The number of hydrogen-bond acceptors (Lipinski definition) is 5. The van der Waals surface area contributed by atoms with E-state index in [1.807, 2.05) is 0 Å². The molecule has 0 amide bonds. The number of ether oxygens (including phenoxy) is 3. The Bertz CT molecular complexity index is 243. The van der Waals surface area contributed by atoms with Crippen molar-refractivity contribution in [1.29, 1.82) is 0 Å². The second-order valence-electron chi connectivity index (χ2n) is 5.21. The maximum atomic E-state index is 9.96. The highest BCUT2D eigenvalue weighted by Crippen LogP contribution is 2.33. The summed E-state index contributed by atoms with van der Waals surface area (Å²) in [5, 5.41) is 9.43. The molecule has 1 rings (SSSR count). The Morgan fingerprint density at radius 2 is 2.29 bits per heavy atom. The van der Waals surface area contributed by atoms with Gasteiger partial charge in [0.2, 0.25) is 0 Å². The number of carbonyl (C=O) groups is 1. The van der Waals surface area contributed by atoms with Gasteiger partial charge in [0.15, 0.2) is 6.29 Å². The molecule has 1 fully saturated rings. The van der Waals surface area contributed by atoms with Gasteiger partial charge in [0.05, 0.1) is 18.3 Å². The summed E-state index contributed by atoms with van der Waals surface area (Å²) in [5.74, 6) is 0.557. The Labute approximate surface area is 102 Å². The van der Waals surface area contributed by atoms with Gasteiger partial charge < -0.3 is 19.3 Å². The van der Waals surface area contributed by atoms with Crippen LogP contribution in [0.5, 0.6) is 0 Å². The summed E-state index contributed by atoms with van der Waals surface area (Å²) < 4.78 is 15.5. The Hall–Kier alpha value is -0.650. The molecule has 1 aliphatic heterocycles. The minimum atomic E-state index is -1.07. The van der Waals surface area contributed by atoms with Crippen molar-refractivity contribution in [3.8, 4) is 0 Å². The van der Waals surface area contributed by atoms with Crippen molar-refractivity contribution in [1.82, 2.24) is 0 Å². The summed E-state index contributed by atoms with van der Waals surface area (Å²) in [7, 11) is 0. The lowest BCUT2D eigenvalue weighted by Crippen LogP contribution is -2.29. The lowest BCUT2D eigenvalue weighted by Gasteiger charge is -2.25. The van der Waals surface area contributed by atoms with E-state index in [4.69, 9.17) is 9.47 Å². The predicted octanol–water partition coefficient (Wildman–Crippen LogP) is 1.09. The van der Waals surface area contributed by atoms with Crippen LogP contribution in [0.4, 0.5) is 0 Å². The SMILES string of the molecule is CC(C)CC1(C)CC(OC(O)COC=O)CO1. The summed E-state index contributed by atoms with van der Waals surface area (Å²) in [6, 6.07) is 0. The third kappa shape index (κ3) is 5.02. The van der Waals surface area contributed by atoms with E-state index in [1.165, 1.54) is 0 Å². The molecule has 0 radical (unpaired) electrons. The van der Waals surface area contributed by atoms with Gasteiger partial charge >= 0.3 is 0 Å². The van der Waals surface area contributed by atoms with Crippen molar-refractivity contribution in [2.24, 2.45) is 5.92 Å². The summed E-state index contributed by atoms with van der Waals surface area (Å²) in [6.07, 6.45) is 0.510. The molecular weight excluding hydrogens is 224 g/mol. The van der Waals surface area contributed by atoms with Crippen LogP contribution in [0.1, 0.15) is 33.6 Å². The molecule has 100 valence electrons. The molecular formula is C12H22O5. The highest BCUT2D eigenvalue weighted by Gasteiger charge is 2.38. The Morgan fingerprint density at radius 3 is 2.88 bits per heavy atom. The van der Waals surface area contributed by atoms with Crippen LogP contribution in [-0.2, 0) is 19.0 Å². The second kappa shape index (κ2) is 6.33. The van der Waals surface area contributed by atoms with Crippen molar-refractivity contribution in [2.75, 3.05) is 13.2 Å². The van der Waals surface area contributed by atoms with Crippen LogP contribution in [-0.4, -0.2) is 42.8 Å². The number of rotatable bonds is 7. The van der Waals surface area contributed by atoms with Gasteiger partial charge in [-0.05, 0) is 19.3 Å². The zero-order valence-corrected chi connectivity index (χ0v) is 10.7. The smallest absolute Gasteiger partial charge is 0.293 e. The van der Waals surface area contributed by atoms with Gasteiger partial charge in [-0.25, -0.2) is 0 Å². The third-order valence-corrected chi connectivity index (χ3v) is 2.77. The van der Waals surface area contributed by atoms with Crippen LogP contribution < -0.4 is 0 Å². The highest BCUT2D eigenvalue weighted by atomic mass is 16.7. The molecule has 3 atom stereocenters. The zero-order chi connectivity index (χ0) is 12.9. The summed E-state index contributed by atoms with van der Waals surface area (Å²) >= 11 is 0. The molecule has 17 heavy (non-hydrogen) atoms. The van der Waals surface area contributed by atoms with Crippen LogP contribution in [0.3, 0.4) is 0 Å². The minimum absolute atomic E-state index is 0.135. The van der Waals surface area contributed by atoms with E-state index in [1.54, 1.807) is 0 Å². The molecule has 5 nitrogen and oxygen atoms in total. The molecule has 0 aliphatic carbocycles. The van der Waals surface area contributed by atoms with Crippen molar-refractivity contribution < 1.29 is 24.1 Å². The number of aliphatic hydroxyl groups is 1. The molecule has 5 heteroatoms. The summed E-state index contributed by atoms with van der Waals surface area (Å²) in [6.45, 7) is 6.98. The fourth-order valence-electron chi connectivity index (χ4n) is 2.37. The van der Waals surface area contributed by atoms with Crippen LogP contribution in [0, 0.1) is 5.92 Å². The molecule has 0 aromatic carbocycles. The summed E-state index contributed by atoms with van der Waals surface area (Å²) in [4.78, 5) is 9.96. The first-order chi connectivity index (χ1) is 7.95. The predicted molar refractivity (Wildman–Crippen MR) is 61.3 cm³/mol. The molecule has 1 aliphatic rings. The average Bonchev–Trinajstić information content (AvgIpc) is 2.55. The van der Waals surface area contributed by atoms with Crippen molar-refractivity contribution in [3.63, 3.8) is 0 Å². The first kappa shape index (κ1) is 14.4. The van der Waals surface area contributed by atoms with Gasteiger partial charge in [0.25, 0.3) is 6.47 Å². The second-order valence-corrected chi connectivity index (χ2v) is 5.21. The van der Waals surface area contributed by atoms with Crippen molar-refractivity contribution in [2.45, 2.75) is 51.6 Å². The third-order valence-electron chi connectivity index (χ3n) is 2.77. The minimum Gasteiger partial charge on any atom is -0.462 e. The zero-order valence-electron chi connectivity index (χ0n) is 10.7. The van der Waals surface area contributed by atoms with E-state index >= 15 is 0 Å². The van der Waals surface area contributed by atoms with E-state index in [9.17, 15) is 9.90 Å². The van der Waals surface area contributed by atoms with Gasteiger partial charge in [-0.1, -0.05) is 13.8 Å². The van der Waals surface area contributed by atoms with E-state index < -0.39 is 6.29 Å². The Balaban J connectivity index is 2.32. The molecule has 1 saturated heterocycles. The number of carbonyl (C=O) groups excluding carboxylic acids is 1. The molecule has 1 N–H and O–H groups in total. The molecule has 0 bridgehead atoms. The van der Waals surface area contributed by atoms with Gasteiger partial charge in [-0.15, -0.1) is 0 Å². The van der Waals surface area contributed by atoms with E-state index in [0.29, 0.717) is 19.0 Å². The van der Waals surface area contributed by atoms with Crippen molar-refractivity contribution in [3.05, 3.63) is 0 Å². The molecule has 0 aromatic heterocycles. The van der Waals surface area contributed by atoms with E-state index in [0.717, 1.165) is 12.8 Å². The maximum Gasteiger partial charge on any atom is 0.293 e. The van der Waals surface area contributed by atoms with Crippen LogP contribution in [0.15, 0.2) is 0 Å². The average molecular weight is 246 g/mol. The van der Waals surface area contributed by atoms with E-state index in [2.05, 4.69) is 25.5 Å². The van der Waals surface area contributed by atoms with Crippen LogP contribution in [0.25, 0.3) is 0 Å². The number of hydrogen-bond donors (Lipinski definition) is 1.